The van der Waals surface area contributed by atoms with Crippen LogP contribution in [0, 0.1) is 5.92 Å². The largest absolute Gasteiger partial charge is 0.293 e. The molecule has 2 rings (SSSR count). The van der Waals surface area contributed by atoms with Gasteiger partial charge in [0.15, 0.2) is 5.78 Å². The van der Waals surface area contributed by atoms with Crippen molar-refractivity contribution in [2.45, 2.75) is 6.42 Å². The van der Waals surface area contributed by atoms with Crippen molar-refractivity contribution in [1.29, 1.82) is 0 Å². The van der Waals surface area contributed by atoms with E-state index in [9.17, 15) is 4.79 Å². The summed E-state index contributed by atoms with van der Waals surface area (Å²) in [6.07, 6.45) is 1.03. The van der Waals surface area contributed by atoms with E-state index in [4.69, 9.17) is 11.6 Å². The van der Waals surface area contributed by atoms with E-state index in [1.807, 2.05) is 17.8 Å². The average molecular weight is 233 g/mol. The summed E-state index contributed by atoms with van der Waals surface area (Å²) in [7, 11) is 0. The highest BCUT2D eigenvalue weighted by Gasteiger charge is 2.25. The molecule has 1 nitrogen and oxygen atoms in total. The van der Waals surface area contributed by atoms with Crippen molar-refractivity contribution < 1.29 is 4.79 Å². The molecule has 0 aliphatic carbocycles. The molecule has 1 aliphatic rings. The SMILES string of the molecule is O=C(c1ccc(Cl)s1)C1CCSC1. The van der Waals surface area contributed by atoms with Crippen LogP contribution in [-0.4, -0.2) is 17.3 Å². The first-order chi connectivity index (χ1) is 6.27. The van der Waals surface area contributed by atoms with Gasteiger partial charge in [0.05, 0.1) is 9.21 Å². The number of halogens is 1. The monoisotopic (exact) mass is 232 g/mol. The fraction of sp³-hybridized carbons (Fsp3) is 0.444. The lowest BCUT2D eigenvalue weighted by Gasteiger charge is -2.03. The molecule has 2 heterocycles. The van der Waals surface area contributed by atoms with Crippen LogP contribution in [0.3, 0.4) is 0 Å². The van der Waals surface area contributed by atoms with Crippen molar-refractivity contribution in [1.82, 2.24) is 0 Å². The molecule has 1 aromatic heterocycles. The maximum Gasteiger partial charge on any atom is 0.176 e. The van der Waals surface area contributed by atoms with Crippen LogP contribution in [0.15, 0.2) is 12.1 Å². The van der Waals surface area contributed by atoms with Crippen LogP contribution in [0.5, 0.6) is 0 Å². The zero-order chi connectivity index (χ0) is 9.26. The third-order valence-corrected chi connectivity index (χ3v) is 4.52. The summed E-state index contributed by atoms with van der Waals surface area (Å²) in [5.74, 6) is 2.62. The van der Waals surface area contributed by atoms with Crippen molar-refractivity contribution in [3.05, 3.63) is 21.3 Å². The molecule has 0 bridgehead atoms. The quantitative estimate of drug-likeness (QED) is 0.728. The van der Waals surface area contributed by atoms with Gasteiger partial charge < -0.3 is 0 Å². The summed E-state index contributed by atoms with van der Waals surface area (Å²) in [5.41, 5.74) is 0. The summed E-state index contributed by atoms with van der Waals surface area (Å²) in [5, 5.41) is 0. The minimum atomic E-state index is 0.236. The fourth-order valence-corrected chi connectivity index (χ4v) is 3.67. The number of Topliss-reactive ketones (excluding diaryl/α,β-unsaturated/α-hetero) is 1. The molecule has 1 saturated heterocycles. The second kappa shape index (κ2) is 4.03. The highest BCUT2D eigenvalue weighted by molar-refractivity contribution is 7.99. The standard InChI is InChI=1S/C9H9ClOS2/c10-8-2-1-7(13-8)9(11)6-3-4-12-5-6/h1-2,6H,3-5H2. The Bertz CT molecular complexity index is 315. The summed E-state index contributed by atoms with van der Waals surface area (Å²) in [6.45, 7) is 0. The molecule has 0 amide bonds. The van der Waals surface area contributed by atoms with Gasteiger partial charge in [-0.25, -0.2) is 0 Å². The minimum absolute atomic E-state index is 0.236. The molecule has 1 aromatic rings. The Morgan fingerprint density at radius 3 is 2.92 bits per heavy atom. The van der Waals surface area contributed by atoms with E-state index in [1.54, 1.807) is 6.07 Å². The van der Waals surface area contributed by atoms with E-state index in [2.05, 4.69) is 0 Å². The van der Waals surface area contributed by atoms with Crippen molar-refractivity contribution in [2.24, 2.45) is 5.92 Å². The predicted octanol–water partition coefficient (Wildman–Crippen LogP) is 3.34. The van der Waals surface area contributed by atoms with E-state index < -0.39 is 0 Å². The van der Waals surface area contributed by atoms with Gasteiger partial charge in [-0.3, -0.25) is 4.79 Å². The molecule has 0 aromatic carbocycles. The smallest absolute Gasteiger partial charge is 0.176 e. The molecule has 1 atom stereocenters. The van der Waals surface area contributed by atoms with Crippen molar-refractivity contribution in [3.63, 3.8) is 0 Å². The summed E-state index contributed by atoms with van der Waals surface area (Å²) in [6, 6.07) is 3.62. The number of carbonyl (C=O) groups is 1. The van der Waals surface area contributed by atoms with Crippen LogP contribution in [-0.2, 0) is 0 Å². The molecule has 0 N–H and O–H groups in total. The fourth-order valence-electron chi connectivity index (χ4n) is 1.39. The van der Waals surface area contributed by atoms with Crippen molar-refractivity contribution in [2.75, 3.05) is 11.5 Å². The van der Waals surface area contributed by atoms with Gasteiger partial charge in [-0.2, -0.15) is 11.8 Å². The van der Waals surface area contributed by atoms with E-state index in [0.717, 1.165) is 22.8 Å². The third kappa shape index (κ3) is 2.09. The number of hydrogen-bond donors (Lipinski definition) is 0. The Hall–Kier alpha value is 0.01000. The maximum atomic E-state index is 11.8. The summed E-state index contributed by atoms with van der Waals surface area (Å²) < 4.78 is 0.703. The van der Waals surface area contributed by atoms with Crippen LogP contribution in [0.4, 0.5) is 0 Å². The van der Waals surface area contributed by atoms with Crippen LogP contribution < -0.4 is 0 Å². The second-order valence-electron chi connectivity index (χ2n) is 3.03. The Morgan fingerprint density at radius 1 is 1.54 bits per heavy atom. The average Bonchev–Trinajstić information content (AvgIpc) is 2.72. The molecular weight excluding hydrogens is 224 g/mol. The third-order valence-electron chi connectivity index (χ3n) is 2.12. The maximum absolute atomic E-state index is 11.8. The summed E-state index contributed by atoms with van der Waals surface area (Å²) >= 11 is 9.02. The zero-order valence-corrected chi connectivity index (χ0v) is 9.35. The zero-order valence-electron chi connectivity index (χ0n) is 6.96. The van der Waals surface area contributed by atoms with E-state index in [0.29, 0.717) is 4.34 Å². The van der Waals surface area contributed by atoms with Gasteiger partial charge in [0.25, 0.3) is 0 Å². The molecular formula is C9H9ClOS2. The molecule has 1 unspecified atom stereocenters. The van der Waals surface area contributed by atoms with Crippen molar-refractivity contribution in [3.8, 4) is 0 Å². The van der Waals surface area contributed by atoms with Gasteiger partial charge in [-0.05, 0) is 24.3 Å². The van der Waals surface area contributed by atoms with Gasteiger partial charge in [0.2, 0.25) is 0 Å². The van der Waals surface area contributed by atoms with Crippen LogP contribution in [0.1, 0.15) is 16.1 Å². The molecule has 0 spiro atoms. The molecule has 4 heteroatoms. The van der Waals surface area contributed by atoms with Crippen molar-refractivity contribution >= 4 is 40.5 Å². The highest BCUT2D eigenvalue weighted by atomic mass is 35.5. The predicted molar refractivity (Wildman–Crippen MR) is 59.1 cm³/mol. The Balaban J connectivity index is 2.12. The van der Waals surface area contributed by atoms with E-state index in [-0.39, 0.29) is 11.7 Å². The van der Waals surface area contributed by atoms with E-state index in [1.165, 1.54) is 11.3 Å². The first kappa shape index (κ1) is 9.56. The lowest BCUT2D eigenvalue weighted by molar-refractivity contribution is 0.0938. The molecule has 0 saturated carbocycles. The number of ketones is 1. The Kier molecular flexibility index (Phi) is 2.96. The number of rotatable bonds is 2. The normalized spacial score (nSPS) is 22.1. The molecule has 13 heavy (non-hydrogen) atoms. The topological polar surface area (TPSA) is 17.1 Å². The highest BCUT2D eigenvalue weighted by Crippen LogP contribution is 2.30. The first-order valence-corrected chi connectivity index (χ1v) is 6.49. The Morgan fingerprint density at radius 2 is 2.38 bits per heavy atom. The van der Waals surface area contributed by atoms with Crippen LogP contribution in [0.25, 0.3) is 0 Å². The number of carbonyl (C=O) groups excluding carboxylic acids is 1. The van der Waals surface area contributed by atoms with Crippen LogP contribution >= 0.6 is 34.7 Å². The molecule has 0 radical (unpaired) electrons. The first-order valence-electron chi connectivity index (χ1n) is 4.14. The van der Waals surface area contributed by atoms with Crippen LogP contribution in [0.2, 0.25) is 4.34 Å². The van der Waals surface area contributed by atoms with Gasteiger partial charge in [0.1, 0.15) is 0 Å². The lowest BCUT2D eigenvalue weighted by atomic mass is 10.0. The van der Waals surface area contributed by atoms with Gasteiger partial charge in [-0.1, -0.05) is 11.6 Å². The van der Waals surface area contributed by atoms with Gasteiger partial charge >= 0.3 is 0 Å². The van der Waals surface area contributed by atoms with E-state index >= 15 is 0 Å². The number of hydrogen-bond acceptors (Lipinski definition) is 3. The second-order valence-corrected chi connectivity index (χ2v) is 5.89. The molecule has 1 aliphatic heterocycles. The molecule has 70 valence electrons. The summed E-state index contributed by atoms with van der Waals surface area (Å²) in [4.78, 5) is 12.6. The Labute approximate surface area is 90.5 Å². The molecule has 1 fully saturated rings. The number of thiophene rings is 1. The van der Waals surface area contributed by atoms with Gasteiger partial charge in [-0.15, -0.1) is 11.3 Å². The van der Waals surface area contributed by atoms with Gasteiger partial charge in [0, 0.05) is 11.7 Å². The minimum Gasteiger partial charge on any atom is -0.293 e. The number of thioether (sulfide) groups is 1. The lowest BCUT2D eigenvalue weighted by Crippen LogP contribution is -2.12.